The lowest BCUT2D eigenvalue weighted by Crippen LogP contribution is -2.42. The highest BCUT2D eigenvalue weighted by atomic mass is 79.9. The van der Waals surface area contributed by atoms with Crippen molar-refractivity contribution >= 4 is 37.6 Å². The van der Waals surface area contributed by atoms with Crippen LogP contribution in [0.15, 0.2) is 21.6 Å². The van der Waals surface area contributed by atoms with Crippen LogP contribution < -0.4 is 4.72 Å². The predicted molar refractivity (Wildman–Crippen MR) is 70.2 cm³/mol. The second-order valence-corrected chi connectivity index (χ2v) is 6.74. The molecule has 0 aliphatic carbocycles. The summed E-state index contributed by atoms with van der Waals surface area (Å²) in [5.74, 6) is 2.34. The summed E-state index contributed by atoms with van der Waals surface area (Å²) < 4.78 is 26.9. The van der Waals surface area contributed by atoms with Gasteiger partial charge in [-0.05, 0) is 35.8 Å². The molecule has 4 nitrogen and oxygen atoms in total. The molecule has 1 rings (SSSR count). The second kappa shape index (κ2) is 4.94. The van der Waals surface area contributed by atoms with E-state index in [1.54, 1.807) is 13.8 Å². The summed E-state index contributed by atoms with van der Waals surface area (Å²) in [6, 6.07) is 1.37. The summed E-state index contributed by atoms with van der Waals surface area (Å²) in [6.07, 6.45) is 6.64. The number of hydrogen-bond acceptors (Lipinski definition) is 3. The largest absolute Gasteiger partial charge is 0.244 e. The van der Waals surface area contributed by atoms with Gasteiger partial charge in [-0.3, -0.25) is 0 Å². The van der Waals surface area contributed by atoms with E-state index in [2.05, 4.69) is 31.6 Å². The third-order valence-corrected chi connectivity index (χ3v) is 4.33. The number of nitrogens with one attached hydrogen (secondary N) is 1. The van der Waals surface area contributed by atoms with Crippen LogP contribution in [0.1, 0.15) is 13.8 Å². The van der Waals surface area contributed by atoms with Gasteiger partial charge in [0, 0.05) is 10.7 Å². The molecule has 0 aromatic carbocycles. The van der Waals surface area contributed by atoms with E-state index in [-0.39, 0.29) is 10.0 Å². The van der Waals surface area contributed by atoms with Crippen LogP contribution in [0.3, 0.4) is 0 Å². The molecule has 0 spiro atoms. The zero-order chi connectivity index (χ0) is 13.3. The van der Waals surface area contributed by atoms with E-state index in [0.29, 0.717) is 4.47 Å². The average molecular weight is 338 g/mol. The van der Waals surface area contributed by atoms with Gasteiger partial charge in [0.05, 0.1) is 5.54 Å². The minimum absolute atomic E-state index is 0.103. The first-order chi connectivity index (χ1) is 7.68. The molecule has 0 saturated heterocycles. The smallest absolute Gasteiger partial charge is 0.242 e. The van der Waals surface area contributed by atoms with Crippen LogP contribution >= 0.6 is 27.5 Å². The molecule has 0 amide bonds. The van der Waals surface area contributed by atoms with Crippen molar-refractivity contribution in [3.63, 3.8) is 0 Å². The first-order valence-electron chi connectivity index (χ1n) is 4.51. The van der Waals surface area contributed by atoms with Crippen molar-refractivity contribution in [2.75, 3.05) is 0 Å². The highest BCUT2D eigenvalue weighted by Gasteiger charge is 2.26. The van der Waals surface area contributed by atoms with Crippen molar-refractivity contribution in [3.8, 4) is 12.3 Å². The molecule has 0 unspecified atom stereocenters. The van der Waals surface area contributed by atoms with E-state index in [1.807, 2.05) is 0 Å². The van der Waals surface area contributed by atoms with Gasteiger partial charge in [-0.25, -0.2) is 13.4 Å². The molecule has 0 aliphatic heterocycles. The van der Waals surface area contributed by atoms with Crippen LogP contribution in [-0.2, 0) is 10.0 Å². The zero-order valence-corrected chi connectivity index (χ0v) is 12.3. The number of terminal acetylenes is 1. The third-order valence-electron chi connectivity index (χ3n) is 1.81. The topological polar surface area (TPSA) is 59.1 Å². The van der Waals surface area contributed by atoms with Crippen LogP contribution in [0.5, 0.6) is 0 Å². The summed E-state index contributed by atoms with van der Waals surface area (Å²) >= 11 is 8.88. The lowest BCUT2D eigenvalue weighted by atomic mass is 10.1. The summed E-state index contributed by atoms with van der Waals surface area (Å²) in [7, 11) is -3.80. The van der Waals surface area contributed by atoms with Gasteiger partial charge in [-0.15, -0.1) is 6.42 Å². The van der Waals surface area contributed by atoms with Gasteiger partial charge >= 0.3 is 0 Å². The molecule has 17 heavy (non-hydrogen) atoms. The first-order valence-corrected chi connectivity index (χ1v) is 7.16. The molecular weight excluding hydrogens is 328 g/mol. The first kappa shape index (κ1) is 14.5. The average Bonchev–Trinajstić information content (AvgIpc) is 2.20. The monoisotopic (exact) mass is 336 g/mol. The van der Waals surface area contributed by atoms with Crippen LogP contribution in [0, 0.1) is 12.3 Å². The Labute approximate surface area is 114 Å². The van der Waals surface area contributed by atoms with Crippen molar-refractivity contribution in [2.45, 2.75) is 24.3 Å². The Balaban J connectivity index is 3.24. The van der Waals surface area contributed by atoms with Crippen molar-refractivity contribution in [3.05, 3.63) is 21.9 Å². The zero-order valence-electron chi connectivity index (χ0n) is 9.16. The SMILES string of the molecule is C#CC(C)(C)NS(=O)(=O)c1cc(Br)cnc1Cl. The fourth-order valence-electron chi connectivity index (χ4n) is 1.01. The van der Waals surface area contributed by atoms with Crippen LogP contribution in [0.2, 0.25) is 5.15 Å². The molecule has 1 aromatic rings. The van der Waals surface area contributed by atoms with Gasteiger partial charge in [-0.2, -0.15) is 4.72 Å². The Bertz CT molecular complexity index is 578. The minimum atomic E-state index is -3.80. The van der Waals surface area contributed by atoms with Gasteiger partial charge in [-0.1, -0.05) is 17.5 Å². The van der Waals surface area contributed by atoms with Crippen LogP contribution in [0.4, 0.5) is 0 Å². The highest BCUT2D eigenvalue weighted by Crippen LogP contribution is 2.23. The molecule has 0 radical (unpaired) electrons. The van der Waals surface area contributed by atoms with Crippen LogP contribution in [-0.4, -0.2) is 18.9 Å². The fourth-order valence-corrected chi connectivity index (χ4v) is 3.30. The van der Waals surface area contributed by atoms with E-state index in [1.165, 1.54) is 12.3 Å². The number of halogens is 2. The lowest BCUT2D eigenvalue weighted by Gasteiger charge is -2.19. The van der Waals surface area contributed by atoms with Gasteiger partial charge in [0.15, 0.2) is 0 Å². The number of rotatable bonds is 3. The Hall–Kier alpha value is -0.610. The number of pyridine rings is 1. The number of sulfonamides is 1. The molecule has 1 heterocycles. The van der Waals surface area contributed by atoms with E-state index < -0.39 is 15.6 Å². The molecule has 1 N–H and O–H groups in total. The van der Waals surface area contributed by atoms with E-state index in [4.69, 9.17) is 18.0 Å². The molecule has 0 fully saturated rings. The summed E-state index contributed by atoms with van der Waals surface area (Å²) in [4.78, 5) is 3.63. The normalized spacial score (nSPS) is 12.2. The van der Waals surface area contributed by atoms with Crippen LogP contribution in [0.25, 0.3) is 0 Å². The standard InChI is InChI=1S/C10H10BrClN2O2S/c1-4-10(2,3)14-17(15,16)8-5-7(11)6-13-9(8)12/h1,5-6,14H,2-3H3. The number of aromatic nitrogens is 1. The van der Waals surface area contributed by atoms with Gasteiger partial charge in [0.2, 0.25) is 10.0 Å². The second-order valence-electron chi connectivity index (χ2n) is 3.82. The summed E-state index contributed by atoms with van der Waals surface area (Å²) in [6.45, 7) is 3.15. The summed E-state index contributed by atoms with van der Waals surface area (Å²) in [5.41, 5.74) is -0.996. The maximum absolute atomic E-state index is 12.0. The van der Waals surface area contributed by atoms with Gasteiger partial charge in [0.25, 0.3) is 0 Å². The fraction of sp³-hybridized carbons (Fsp3) is 0.300. The predicted octanol–water partition coefficient (Wildman–Crippen LogP) is 2.19. The maximum Gasteiger partial charge on any atom is 0.244 e. The third kappa shape index (κ3) is 3.68. The molecule has 0 saturated carbocycles. The Kier molecular flexibility index (Phi) is 4.20. The number of nitrogens with zero attached hydrogens (tertiary/aromatic N) is 1. The molecule has 7 heteroatoms. The van der Waals surface area contributed by atoms with Gasteiger partial charge in [0.1, 0.15) is 10.0 Å². The summed E-state index contributed by atoms with van der Waals surface area (Å²) in [5, 5.41) is -0.103. The Morgan fingerprint density at radius 1 is 1.59 bits per heavy atom. The van der Waals surface area contributed by atoms with Crippen molar-refractivity contribution in [1.29, 1.82) is 0 Å². The van der Waals surface area contributed by atoms with Crippen molar-refractivity contribution < 1.29 is 8.42 Å². The van der Waals surface area contributed by atoms with E-state index in [0.717, 1.165) is 0 Å². The van der Waals surface area contributed by atoms with Crippen molar-refractivity contribution in [2.24, 2.45) is 0 Å². The number of hydrogen-bond donors (Lipinski definition) is 1. The maximum atomic E-state index is 12.0. The molecule has 0 bridgehead atoms. The van der Waals surface area contributed by atoms with Gasteiger partial charge < -0.3 is 0 Å². The van der Waals surface area contributed by atoms with E-state index >= 15 is 0 Å². The highest BCUT2D eigenvalue weighted by molar-refractivity contribution is 9.10. The quantitative estimate of drug-likeness (QED) is 0.679. The lowest BCUT2D eigenvalue weighted by molar-refractivity contribution is 0.539. The molecule has 92 valence electrons. The molecular formula is C10H10BrClN2O2S. The molecule has 0 aliphatic rings. The molecule has 1 aromatic heterocycles. The molecule has 0 atom stereocenters. The minimum Gasteiger partial charge on any atom is -0.242 e. The van der Waals surface area contributed by atoms with E-state index in [9.17, 15) is 8.42 Å². The Morgan fingerprint density at radius 2 is 2.18 bits per heavy atom. The Morgan fingerprint density at radius 3 is 2.71 bits per heavy atom. The van der Waals surface area contributed by atoms with Crippen molar-refractivity contribution in [1.82, 2.24) is 9.71 Å².